The average Bonchev–Trinajstić information content (AvgIpc) is 2.35. The Kier molecular flexibility index (Phi) is 5.47. The van der Waals surface area contributed by atoms with Crippen molar-refractivity contribution in [2.75, 3.05) is 6.54 Å². The molecule has 0 radical (unpaired) electrons. The van der Waals surface area contributed by atoms with Gasteiger partial charge in [0, 0.05) is 18.4 Å². The summed E-state index contributed by atoms with van der Waals surface area (Å²) in [5.41, 5.74) is 1.38. The Balaban J connectivity index is 2.78. The summed E-state index contributed by atoms with van der Waals surface area (Å²) in [7, 11) is 0. The molecule has 1 rings (SSSR count). The van der Waals surface area contributed by atoms with Crippen molar-refractivity contribution in [3.8, 4) is 0 Å². The number of nitrogens with zero attached hydrogens (tertiary/aromatic N) is 1. The number of likely N-dealkylation sites (N-methyl/N-ethyl adjacent to an activating group) is 1. The lowest BCUT2D eigenvalue weighted by Gasteiger charge is -2.30. The number of nitrogens with one attached hydrogen (secondary N) is 1. The molecule has 1 N–H and O–H groups in total. The molecule has 3 atom stereocenters. The normalized spacial score (nSPS) is 16.8. The Morgan fingerprint density at radius 1 is 1.19 bits per heavy atom. The van der Waals surface area contributed by atoms with Gasteiger partial charge in [0.15, 0.2) is 0 Å². The van der Waals surface area contributed by atoms with Crippen LogP contribution in [-0.2, 0) is 0 Å². The molecule has 0 aromatic carbocycles. The highest BCUT2D eigenvalue weighted by Gasteiger charge is 2.22. The first-order valence-electron chi connectivity index (χ1n) is 6.34. The number of aromatic nitrogens is 1. The summed E-state index contributed by atoms with van der Waals surface area (Å²) in [5, 5.41) is 3.61. The molecule has 1 heterocycles. The van der Waals surface area contributed by atoms with Crippen molar-refractivity contribution >= 4 is 0 Å². The number of rotatable bonds is 6. The van der Waals surface area contributed by atoms with Crippen molar-refractivity contribution in [2.45, 2.75) is 46.1 Å². The smallest absolute Gasteiger partial charge is 0.0270 e. The Hall–Kier alpha value is -0.890. The fraction of sp³-hybridized carbons (Fsp3) is 0.643. The van der Waals surface area contributed by atoms with Gasteiger partial charge >= 0.3 is 0 Å². The molecule has 1 aromatic rings. The molecular formula is C14H24N2. The van der Waals surface area contributed by atoms with E-state index in [1.54, 1.807) is 0 Å². The van der Waals surface area contributed by atoms with Crippen molar-refractivity contribution < 1.29 is 0 Å². The summed E-state index contributed by atoms with van der Waals surface area (Å²) in [6.45, 7) is 10.1. The molecule has 2 nitrogen and oxygen atoms in total. The Labute approximate surface area is 99.5 Å². The zero-order valence-electron chi connectivity index (χ0n) is 10.9. The molecule has 2 heteroatoms. The van der Waals surface area contributed by atoms with Crippen LogP contribution in [0.5, 0.6) is 0 Å². The SMILES string of the molecule is CCNC(C(C)CC)C(C)c1ccncc1. The van der Waals surface area contributed by atoms with Gasteiger partial charge < -0.3 is 5.32 Å². The van der Waals surface area contributed by atoms with E-state index in [9.17, 15) is 0 Å². The summed E-state index contributed by atoms with van der Waals surface area (Å²) in [4.78, 5) is 4.08. The van der Waals surface area contributed by atoms with E-state index in [-0.39, 0.29) is 0 Å². The van der Waals surface area contributed by atoms with Crippen molar-refractivity contribution in [3.05, 3.63) is 30.1 Å². The minimum atomic E-state index is 0.540. The van der Waals surface area contributed by atoms with Crippen LogP contribution in [0.3, 0.4) is 0 Å². The third kappa shape index (κ3) is 3.31. The minimum absolute atomic E-state index is 0.540. The zero-order valence-corrected chi connectivity index (χ0v) is 10.9. The fourth-order valence-corrected chi connectivity index (χ4v) is 2.23. The highest BCUT2D eigenvalue weighted by molar-refractivity contribution is 5.17. The van der Waals surface area contributed by atoms with Gasteiger partial charge in [-0.05, 0) is 36.1 Å². The first kappa shape index (κ1) is 13.2. The minimum Gasteiger partial charge on any atom is -0.313 e. The molecule has 16 heavy (non-hydrogen) atoms. The van der Waals surface area contributed by atoms with Crippen LogP contribution in [0.4, 0.5) is 0 Å². The largest absolute Gasteiger partial charge is 0.313 e. The van der Waals surface area contributed by atoms with Crippen molar-refractivity contribution in [1.82, 2.24) is 10.3 Å². The Bertz CT molecular complexity index is 284. The van der Waals surface area contributed by atoms with E-state index in [1.807, 2.05) is 12.4 Å². The van der Waals surface area contributed by atoms with Gasteiger partial charge in [-0.3, -0.25) is 4.98 Å². The van der Waals surface area contributed by atoms with E-state index in [2.05, 4.69) is 50.1 Å². The van der Waals surface area contributed by atoms with E-state index in [1.165, 1.54) is 12.0 Å². The maximum absolute atomic E-state index is 4.08. The van der Waals surface area contributed by atoms with Gasteiger partial charge in [0.2, 0.25) is 0 Å². The fourth-order valence-electron chi connectivity index (χ4n) is 2.23. The molecule has 3 unspecified atom stereocenters. The third-order valence-corrected chi connectivity index (χ3v) is 3.47. The summed E-state index contributed by atoms with van der Waals surface area (Å²) in [5.74, 6) is 1.24. The number of pyridine rings is 1. The van der Waals surface area contributed by atoms with Crippen LogP contribution in [-0.4, -0.2) is 17.6 Å². The van der Waals surface area contributed by atoms with Crippen LogP contribution in [0.15, 0.2) is 24.5 Å². The van der Waals surface area contributed by atoms with Crippen molar-refractivity contribution in [1.29, 1.82) is 0 Å². The van der Waals surface area contributed by atoms with Crippen LogP contribution in [0.1, 0.15) is 45.6 Å². The topological polar surface area (TPSA) is 24.9 Å². The average molecular weight is 220 g/mol. The zero-order chi connectivity index (χ0) is 12.0. The lowest BCUT2D eigenvalue weighted by molar-refractivity contribution is 0.332. The van der Waals surface area contributed by atoms with E-state index in [4.69, 9.17) is 0 Å². The summed E-state index contributed by atoms with van der Waals surface area (Å²) >= 11 is 0. The van der Waals surface area contributed by atoms with Gasteiger partial charge in [-0.1, -0.05) is 34.1 Å². The molecule has 0 bridgehead atoms. The molecule has 0 aliphatic carbocycles. The van der Waals surface area contributed by atoms with Gasteiger partial charge in [-0.25, -0.2) is 0 Å². The summed E-state index contributed by atoms with van der Waals surface area (Å²) in [6.07, 6.45) is 4.98. The van der Waals surface area contributed by atoms with E-state index in [0.717, 1.165) is 6.54 Å². The molecule has 0 saturated heterocycles. The molecular weight excluding hydrogens is 196 g/mol. The first-order valence-corrected chi connectivity index (χ1v) is 6.34. The second-order valence-electron chi connectivity index (χ2n) is 4.54. The molecule has 0 fully saturated rings. The van der Waals surface area contributed by atoms with Gasteiger partial charge in [0.05, 0.1) is 0 Å². The van der Waals surface area contributed by atoms with Crippen molar-refractivity contribution in [3.63, 3.8) is 0 Å². The van der Waals surface area contributed by atoms with E-state index >= 15 is 0 Å². The predicted molar refractivity (Wildman–Crippen MR) is 69.6 cm³/mol. The predicted octanol–water partition coefficient (Wildman–Crippen LogP) is 3.21. The van der Waals surface area contributed by atoms with Crippen LogP contribution in [0.25, 0.3) is 0 Å². The monoisotopic (exact) mass is 220 g/mol. The standard InChI is InChI=1S/C14H24N2/c1-5-11(3)14(16-6-2)12(4)13-7-9-15-10-8-13/h7-12,14,16H,5-6H2,1-4H3. The van der Waals surface area contributed by atoms with Crippen LogP contribution in [0, 0.1) is 5.92 Å². The van der Waals surface area contributed by atoms with Gasteiger partial charge in [-0.15, -0.1) is 0 Å². The van der Waals surface area contributed by atoms with E-state index < -0.39 is 0 Å². The van der Waals surface area contributed by atoms with E-state index in [0.29, 0.717) is 17.9 Å². The summed E-state index contributed by atoms with van der Waals surface area (Å²) < 4.78 is 0. The molecule has 0 amide bonds. The van der Waals surface area contributed by atoms with Crippen LogP contribution >= 0.6 is 0 Å². The molecule has 1 aromatic heterocycles. The number of hydrogen-bond donors (Lipinski definition) is 1. The molecule has 0 aliphatic rings. The second kappa shape index (κ2) is 6.64. The van der Waals surface area contributed by atoms with Crippen LogP contribution in [0.2, 0.25) is 0 Å². The number of hydrogen-bond acceptors (Lipinski definition) is 2. The summed E-state index contributed by atoms with van der Waals surface area (Å²) in [6, 6.07) is 4.80. The molecule has 0 spiro atoms. The maximum atomic E-state index is 4.08. The lowest BCUT2D eigenvalue weighted by atomic mass is 9.85. The Morgan fingerprint density at radius 2 is 1.81 bits per heavy atom. The van der Waals surface area contributed by atoms with Crippen molar-refractivity contribution in [2.24, 2.45) is 5.92 Å². The second-order valence-corrected chi connectivity index (χ2v) is 4.54. The first-order chi connectivity index (χ1) is 7.70. The van der Waals surface area contributed by atoms with Crippen LogP contribution < -0.4 is 5.32 Å². The maximum Gasteiger partial charge on any atom is 0.0270 e. The molecule has 90 valence electrons. The highest BCUT2D eigenvalue weighted by Crippen LogP contribution is 2.25. The third-order valence-electron chi connectivity index (χ3n) is 3.47. The van der Waals surface area contributed by atoms with Gasteiger partial charge in [0.1, 0.15) is 0 Å². The van der Waals surface area contributed by atoms with Gasteiger partial charge in [0.25, 0.3) is 0 Å². The van der Waals surface area contributed by atoms with Gasteiger partial charge in [-0.2, -0.15) is 0 Å². The highest BCUT2D eigenvalue weighted by atomic mass is 14.9. The Morgan fingerprint density at radius 3 is 2.31 bits per heavy atom. The lowest BCUT2D eigenvalue weighted by Crippen LogP contribution is -2.39. The quantitative estimate of drug-likeness (QED) is 0.796. The molecule has 0 saturated carbocycles. The molecule has 0 aliphatic heterocycles.